The van der Waals surface area contributed by atoms with E-state index in [0.717, 1.165) is 31.2 Å². The van der Waals surface area contributed by atoms with Crippen LogP contribution in [-0.4, -0.2) is 21.1 Å². The normalized spacial score (nSPS) is 18.9. The van der Waals surface area contributed by atoms with E-state index in [1.807, 2.05) is 56.5 Å². The fourth-order valence-electron chi connectivity index (χ4n) is 4.59. The third kappa shape index (κ3) is 4.72. The lowest BCUT2D eigenvalue weighted by molar-refractivity contribution is -0.126. The summed E-state index contributed by atoms with van der Waals surface area (Å²) >= 11 is 1.39. The minimum absolute atomic E-state index is 0.0309. The third-order valence-corrected chi connectivity index (χ3v) is 7.28. The van der Waals surface area contributed by atoms with Crippen molar-refractivity contribution in [3.63, 3.8) is 0 Å². The molecule has 32 heavy (non-hydrogen) atoms. The zero-order valence-electron chi connectivity index (χ0n) is 19.0. The van der Waals surface area contributed by atoms with Crippen LogP contribution in [0.3, 0.4) is 0 Å². The number of carbonyl (C=O) groups excluding carboxylic acids is 1. The van der Waals surface area contributed by atoms with Gasteiger partial charge in [0.1, 0.15) is 4.70 Å². The summed E-state index contributed by atoms with van der Waals surface area (Å²) in [5, 5.41) is 4.88. The molecule has 1 fully saturated rings. The van der Waals surface area contributed by atoms with Gasteiger partial charge in [0.25, 0.3) is 5.56 Å². The molecule has 0 aliphatic heterocycles. The molecule has 0 atom stereocenters. The summed E-state index contributed by atoms with van der Waals surface area (Å²) in [6.45, 7) is 6.83. The molecule has 3 aromatic rings. The van der Waals surface area contributed by atoms with Crippen molar-refractivity contribution in [1.82, 2.24) is 14.5 Å². The lowest BCUT2D eigenvalue weighted by Gasteiger charge is -2.28. The van der Waals surface area contributed by atoms with Crippen molar-refractivity contribution < 1.29 is 4.79 Å². The molecule has 0 spiro atoms. The van der Waals surface area contributed by atoms with Gasteiger partial charge in [-0.1, -0.05) is 29.8 Å². The highest BCUT2D eigenvalue weighted by Gasteiger charge is 2.28. The van der Waals surface area contributed by atoms with Gasteiger partial charge in [-0.3, -0.25) is 18.7 Å². The van der Waals surface area contributed by atoms with E-state index in [1.54, 1.807) is 4.57 Å². The number of amides is 1. The molecule has 4 rings (SSSR count). The molecule has 1 saturated carbocycles. The first-order valence-electron chi connectivity index (χ1n) is 11.4. The molecule has 6 nitrogen and oxygen atoms in total. The number of benzene rings is 1. The molecule has 1 aromatic carbocycles. The van der Waals surface area contributed by atoms with Crippen LogP contribution in [0.15, 0.2) is 45.3 Å². The minimum atomic E-state index is -0.249. The lowest BCUT2D eigenvalue weighted by atomic mass is 9.81. The Bertz CT molecular complexity index is 1210. The smallest absolute Gasteiger partial charge is 0.331 e. The number of nitrogens with zero attached hydrogens (tertiary/aromatic N) is 2. The Balaban J connectivity index is 1.57. The number of rotatable bonds is 6. The zero-order valence-corrected chi connectivity index (χ0v) is 19.8. The monoisotopic (exact) mass is 453 g/mol. The Hall–Kier alpha value is -2.67. The lowest BCUT2D eigenvalue weighted by Crippen LogP contribution is -2.42. The fraction of sp³-hybridized carbons (Fsp3) is 0.480. The van der Waals surface area contributed by atoms with E-state index < -0.39 is 0 Å². The highest BCUT2D eigenvalue weighted by molar-refractivity contribution is 7.17. The molecular weight excluding hydrogens is 422 g/mol. The number of aromatic nitrogens is 2. The number of fused-ring (bicyclic) bond motifs is 1. The largest absolute Gasteiger partial charge is 0.354 e. The maximum Gasteiger partial charge on any atom is 0.331 e. The summed E-state index contributed by atoms with van der Waals surface area (Å²) in [5.74, 6) is 0.383. The average molecular weight is 454 g/mol. The number of hydrogen-bond donors (Lipinski definition) is 1. The fourth-order valence-corrected chi connectivity index (χ4v) is 5.43. The van der Waals surface area contributed by atoms with Crippen molar-refractivity contribution in [2.75, 3.05) is 0 Å². The molecule has 2 heterocycles. The van der Waals surface area contributed by atoms with Gasteiger partial charge in [-0.2, -0.15) is 0 Å². The van der Waals surface area contributed by atoms with E-state index in [-0.39, 0.29) is 35.0 Å². The second-order valence-corrected chi connectivity index (χ2v) is 10.2. The SMILES string of the molecule is Cc1ccc(Cn2c(=O)n(CC3CCC(C(=O)NC(C)C)CC3)c(=O)c3sccc32)cc1. The molecular formula is C25H31N3O3S. The van der Waals surface area contributed by atoms with Crippen molar-refractivity contribution in [2.24, 2.45) is 11.8 Å². The standard InChI is InChI=1S/C25H31N3O3S/c1-16(2)26-23(29)20-10-8-19(9-11-20)15-28-24(30)22-21(12-13-32-22)27(25(28)31)14-18-6-4-17(3)5-7-18/h4-7,12-13,16,19-20H,8-11,14-15H2,1-3H3,(H,26,29). The number of thiophene rings is 1. The first-order chi connectivity index (χ1) is 15.3. The highest BCUT2D eigenvalue weighted by Crippen LogP contribution is 2.30. The Morgan fingerprint density at radius 1 is 1.06 bits per heavy atom. The predicted molar refractivity (Wildman–Crippen MR) is 129 cm³/mol. The van der Waals surface area contributed by atoms with Gasteiger partial charge < -0.3 is 5.32 Å². The van der Waals surface area contributed by atoms with E-state index >= 15 is 0 Å². The van der Waals surface area contributed by atoms with Crippen LogP contribution < -0.4 is 16.6 Å². The van der Waals surface area contributed by atoms with Gasteiger partial charge in [-0.25, -0.2) is 4.79 Å². The van der Waals surface area contributed by atoms with Crippen molar-refractivity contribution in [1.29, 1.82) is 0 Å². The first kappa shape index (κ1) is 22.5. The Morgan fingerprint density at radius 3 is 2.41 bits per heavy atom. The van der Waals surface area contributed by atoms with Gasteiger partial charge in [0, 0.05) is 18.5 Å². The van der Waals surface area contributed by atoms with Crippen LogP contribution in [-0.2, 0) is 17.9 Å². The van der Waals surface area contributed by atoms with E-state index in [0.29, 0.717) is 23.3 Å². The summed E-state index contributed by atoms with van der Waals surface area (Å²) in [6, 6.07) is 10.1. The summed E-state index contributed by atoms with van der Waals surface area (Å²) < 4.78 is 3.77. The van der Waals surface area contributed by atoms with Crippen LogP contribution in [0.2, 0.25) is 0 Å². The molecule has 0 saturated heterocycles. The molecule has 0 unspecified atom stereocenters. The Kier molecular flexibility index (Phi) is 6.65. The highest BCUT2D eigenvalue weighted by atomic mass is 32.1. The van der Waals surface area contributed by atoms with Crippen LogP contribution in [0.5, 0.6) is 0 Å². The van der Waals surface area contributed by atoms with E-state index in [9.17, 15) is 14.4 Å². The Morgan fingerprint density at radius 2 is 1.75 bits per heavy atom. The predicted octanol–water partition coefficient (Wildman–Crippen LogP) is 3.91. The van der Waals surface area contributed by atoms with Crippen LogP contribution >= 0.6 is 11.3 Å². The van der Waals surface area contributed by atoms with Crippen LogP contribution in [0.4, 0.5) is 0 Å². The number of aryl methyl sites for hydroxylation is 1. The van der Waals surface area contributed by atoms with Crippen LogP contribution in [0, 0.1) is 18.8 Å². The number of hydrogen-bond acceptors (Lipinski definition) is 4. The second-order valence-electron chi connectivity index (χ2n) is 9.29. The van der Waals surface area contributed by atoms with Crippen LogP contribution in [0.25, 0.3) is 10.2 Å². The molecule has 2 aromatic heterocycles. The first-order valence-corrected chi connectivity index (χ1v) is 12.3. The van der Waals surface area contributed by atoms with E-state index in [2.05, 4.69) is 5.32 Å². The average Bonchev–Trinajstić information content (AvgIpc) is 3.25. The van der Waals surface area contributed by atoms with Gasteiger partial charge in [-0.15, -0.1) is 11.3 Å². The van der Waals surface area contributed by atoms with E-state index in [1.165, 1.54) is 21.5 Å². The molecule has 1 amide bonds. The zero-order chi connectivity index (χ0) is 22.8. The van der Waals surface area contributed by atoms with Gasteiger partial charge >= 0.3 is 5.69 Å². The third-order valence-electron chi connectivity index (χ3n) is 6.39. The molecule has 1 aliphatic carbocycles. The molecule has 0 radical (unpaired) electrons. The Labute approximate surface area is 191 Å². The molecule has 170 valence electrons. The van der Waals surface area contributed by atoms with Crippen molar-refractivity contribution in [3.8, 4) is 0 Å². The van der Waals surface area contributed by atoms with Crippen molar-refractivity contribution in [3.05, 3.63) is 67.7 Å². The van der Waals surface area contributed by atoms with Crippen molar-refractivity contribution >= 4 is 27.5 Å². The van der Waals surface area contributed by atoms with Gasteiger partial charge in [0.15, 0.2) is 0 Å². The van der Waals surface area contributed by atoms with Crippen molar-refractivity contribution in [2.45, 2.75) is 65.6 Å². The number of nitrogens with one attached hydrogen (secondary N) is 1. The maximum atomic E-state index is 13.4. The summed E-state index contributed by atoms with van der Waals surface area (Å²) in [5.41, 5.74) is 2.47. The molecule has 1 N–H and O–H groups in total. The van der Waals surface area contributed by atoms with Gasteiger partial charge in [-0.05, 0) is 69.4 Å². The second kappa shape index (κ2) is 9.45. The van der Waals surface area contributed by atoms with Gasteiger partial charge in [0.2, 0.25) is 5.91 Å². The molecule has 7 heteroatoms. The van der Waals surface area contributed by atoms with E-state index in [4.69, 9.17) is 0 Å². The van der Waals surface area contributed by atoms with Crippen LogP contribution in [0.1, 0.15) is 50.7 Å². The topological polar surface area (TPSA) is 73.1 Å². The minimum Gasteiger partial charge on any atom is -0.354 e. The van der Waals surface area contributed by atoms with Gasteiger partial charge in [0.05, 0.1) is 12.1 Å². The number of carbonyl (C=O) groups is 1. The summed E-state index contributed by atoms with van der Waals surface area (Å²) in [6.07, 6.45) is 3.30. The maximum absolute atomic E-state index is 13.4. The summed E-state index contributed by atoms with van der Waals surface area (Å²) in [7, 11) is 0. The quantitative estimate of drug-likeness (QED) is 0.615. The molecule has 0 bridgehead atoms. The molecule has 1 aliphatic rings. The summed E-state index contributed by atoms with van der Waals surface area (Å²) in [4.78, 5) is 38.8.